The molecule has 0 aliphatic carbocycles. The molecule has 1 aromatic heterocycles. The lowest BCUT2D eigenvalue weighted by atomic mass is 10.1. The number of nitrogens with one attached hydrogen (secondary N) is 1. The number of aromatic nitrogens is 1. The highest BCUT2D eigenvalue weighted by Gasteiger charge is 2.06. The third kappa shape index (κ3) is 1.74. The van der Waals surface area contributed by atoms with Crippen molar-refractivity contribution < 1.29 is 0 Å². The van der Waals surface area contributed by atoms with Gasteiger partial charge in [-0.15, -0.1) is 0 Å². The second-order valence-corrected chi connectivity index (χ2v) is 2.94. The summed E-state index contributed by atoms with van der Waals surface area (Å²) in [5, 5.41) is 0. The lowest BCUT2D eigenvalue weighted by molar-refractivity contribution is 0.687. The number of aromatic amines is 1. The second-order valence-electron chi connectivity index (χ2n) is 2.94. The Morgan fingerprint density at radius 2 is 2.25 bits per heavy atom. The third-order valence-electron chi connectivity index (χ3n) is 1.93. The van der Waals surface area contributed by atoms with Crippen molar-refractivity contribution >= 4 is 0 Å². The molecule has 0 aliphatic heterocycles. The SMILES string of the molecule is CCC(N)c1ccc(C)[nH]c1=O. The first-order valence-corrected chi connectivity index (χ1v) is 4.10. The Labute approximate surface area is 71.6 Å². The van der Waals surface area contributed by atoms with Crippen molar-refractivity contribution in [2.45, 2.75) is 26.3 Å². The number of pyridine rings is 1. The van der Waals surface area contributed by atoms with Crippen molar-refractivity contribution in [1.82, 2.24) is 4.98 Å². The molecular formula is C9H14N2O. The van der Waals surface area contributed by atoms with Crippen LogP contribution in [0.25, 0.3) is 0 Å². The summed E-state index contributed by atoms with van der Waals surface area (Å²) in [4.78, 5) is 14.0. The lowest BCUT2D eigenvalue weighted by Crippen LogP contribution is -2.21. The van der Waals surface area contributed by atoms with Crippen LogP contribution < -0.4 is 11.3 Å². The first-order valence-electron chi connectivity index (χ1n) is 4.10. The van der Waals surface area contributed by atoms with Crippen LogP contribution in [0.5, 0.6) is 0 Å². The summed E-state index contributed by atoms with van der Waals surface area (Å²) >= 11 is 0. The molecule has 0 spiro atoms. The molecule has 1 heterocycles. The minimum Gasteiger partial charge on any atom is -0.326 e. The predicted octanol–water partition coefficient (Wildman–Crippen LogP) is 1.09. The van der Waals surface area contributed by atoms with Crippen LogP contribution in [0.15, 0.2) is 16.9 Å². The van der Waals surface area contributed by atoms with E-state index >= 15 is 0 Å². The van der Waals surface area contributed by atoms with Crippen molar-refractivity contribution in [3.8, 4) is 0 Å². The minimum atomic E-state index is -0.144. The Hall–Kier alpha value is -1.09. The number of aryl methyl sites for hydroxylation is 1. The average Bonchev–Trinajstić information content (AvgIpc) is 2.03. The van der Waals surface area contributed by atoms with E-state index in [1.807, 2.05) is 19.9 Å². The van der Waals surface area contributed by atoms with Crippen LogP contribution in [0.4, 0.5) is 0 Å². The van der Waals surface area contributed by atoms with E-state index in [-0.39, 0.29) is 11.6 Å². The molecule has 0 fully saturated rings. The van der Waals surface area contributed by atoms with E-state index < -0.39 is 0 Å². The fraction of sp³-hybridized carbons (Fsp3) is 0.444. The molecule has 0 aromatic carbocycles. The van der Waals surface area contributed by atoms with E-state index in [0.717, 1.165) is 12.1 Å². The molecule has 3 heteroatoms. The molecule has 1 atom stereocenters. The number of hydrogen-bond acceptors (Lipinski definition) is 2. The third-order valence-corrected chi connectivity index (χ3v) is 1.93. The highest BCUT2D eigenvalue weighted by Crippen LogP contribution is 2.07. The average molecular weight is 166 g/mol. The van der Waals surface area contributed by atoms with Gasteiger partial charge in [0.1, 0.15) is 0 Å². The Kier molecular flexibility index (Phi) is 2.65. The van der Waals surface area contributed by atoms with Crippen LogP contribution in [0.3, 0.4) is 0 Å². The van der Waals surface area contributed by atoms with Gasteiger partial charge >= 0.3 is 0 Å². The largest absolute Gasteiger partial charge is 0.326 e. The second kappa shape index (κ2) is 3.54. The molecular weight excluding hydrogens is 152 g/mol. The van der Waals surface area contributed by atoms with Gasteiger partial charge in [-0.2, -0.15) is 0 Å². The van der Waals surface area contributed by atoms with Gasteiger partial charge in [-0.3, -0.25) is 4.79 Å². The zero-order chi connectivity index (χ0) is 9.14. The number of hydrogen-bond donors (Lipinski definition) is 2. The summed E-state index contributed by atoms with van der Waals surface area (Å²) in [7, 11) is 0. The van der Waals surface area contributed by atoms with Gasteiger partial charge in [0, 0.05) is 17.3 Å². The molecule has 1 rings (SSSR count). The molecule has 0 amide bonds. The Morgan fingerprint density at radius 1 is 1.58 bits per heavy atom. The molecule has 1 unspecified atom stereocenters. The molecule has 0 saturated heterocycles. The molecule has 3 nitrogen and oxygen atoms in total. The van der Waals surface area contributed by atoms with Crippen molar-refractivity contribution in [2.75, 3.05) is 0 Å². The molecule has 12 heavy (non-hydrogen) atoms. The smallest absolute Gasteiger partial charge is 0.252 e. The van der Waals surface area contributed by atoms with Crippen molar-refractivity contribution in [3.63, 3.8) is 0 Å². The molecule has 66 valence electrons. The fourth-order valence-corrected chi connectivity index (χ4v) is 1.10. The molecule has 3 N–H and O–H groups in total. The van der Waals surface area contributed by atoms with Crippen molar-refractivity contribution in [1.29, 1.82) is 0 Å². The zero-order valence-corrected chi connectivity index (χ0v) is 7.42. The summed E-state index contributed by atoms with van der Waals surface area (Å²) in [6, 6.07) is 3.52. The van der Waals surface area contributed by atoms with Gasteiger partial charge in [-0.25, -0.2) is 0 Å². The summed E-state index contributed by atoms with van der Waals surface area (Å²) in [5.41, 5.74) is 7.20. The fourth-order valence-electron chi connectivity index (χ4n) is 1.10. The quantitative estimate of drug-likeness (QED) is 0.691. The van der Waals surface area contributed by atoms with Crippen molar-refractivity contribution in [3.05, 3.63) is 33.7 Å². The molecule has 0 aliphatic rings. The predicted molar refractivity (Wildman–Crippen MR) is 49.0 cm³/mol. The maximum atomic E-state index is 11.3. The monoisotopic (exact) mass is 166 g/mol. The van der Waals surface area contributed by atoms with Crippen molar-refractivity contribution in [2.24, 2.45) is 5.73 Å². The number of nitrogens with two attached hydrogens (primary N) is 1. The maximum absolute atomic E-state index is 11.3. The van der Waals surface area contributed by atoms with E-state index in [9.17, 15) is 4.79 Å². The Balaban J connectivity index is 3.10. The van der Waals surface area contributed by atoms with Gasteiger partial charge in [0.25, 0.3) is 5.56 Å². The van der Waals surface area contributed by atoms with Crippen LogP contribution >= 0.6 is 0 Å². The summed E-state index contributed by atoms with van der Waals surface area (Å²) < 4.78 is 0. The lowest BCUT2D eigenvalue weighted by Gasteiger charge is -2.07. The summed E-state index contributed by atoms with van der Waals surface area (Å²) in [6.07, 6.45) is 0.784. The van der Waals surface area contributed by atoms with E-state index in [0.29, 0.717) is 5.56 Å². The standard InChI is InChI=1S/C9H14N2O/c1-3-8(10)7-5-4-6(2)11-9(7)12/h4-5,8H,3,10H2,1-2H3,(H,11,12). The Bertz CT molecular complexity index is 317. The van der Waals surface area contributed by atoms with Crippen LogP contribution in [0.1, 0.15) is 30.6 Å². The first kappa shape index (κ1) is 9.00. The molecule has 1 aromatic rings. The summed E-state index contributed by atoms with van der Waals surface area (Å²) in [5.74, 6) is 0. The topological polar surface area (TPSA) is 58.9 Å². The van der Waals surface area contributed by atoms with Gasteiger partial charge in [0.05, 0.1) is 0 Å². The highest BCUT2D eigenvalue weighted by molar-refractivity contribution is 5.16. The molecule has 0 radical (unpaired) electrons. The van der Waals surface area contributed by atoms with Crippen LogP contribution in [0, 0.1) is 6.92 Å². The number of rotatable bonds is 2. The van der Waals surface area contributed by atoms with Gasteiger partial charge < -0.3 is 10.7 Å². The van der Waals surface area contributed by atoms with Gasteiger partial charge in [-0.1, -0.05) is 13.0 Å². The normalized spacial score (nSPS) is 12.9. The van der Waals surface area contributed by atoms with Gasteiger partial charge in [0.15, 0.2) is 0 Å². The first-order chi connectivity index (χ1) is 5.65. The molecule has 0 saturated carbocycles. The molecule has 0 bridgehead atoms. The summed E-state index contributed by atoms with van der Waals surface area (Å²) in [6.45, 7) is 3.81. The van der Waals surface area contributed by atoms with Crippen LogP contribution in [0.2, 0.25) is 0 Å². The van der Waals surface area contributed by atoms with E-state index in [1.165, 1.54) is 0 Å². The zero-order valence-electron chi connectivity index (χ0n) is 7.42. The van der Waals surface area contributed by atoms with Crippen LogP contribution in [-0.2, 0) is 0 Å². The van der Waals surface area contributed by atoms with Gasteiger partial charge in [-0.05, 0) is 19.4 Å². The van der Waals surface area contributed by atoms with Crippen LogP contribution in [-0.4, -0.2) is 4.98 Å². The van der Waals surface area contributed by atoms with E-state index in [1.54, 1.807) is 6.07 Å². The van der Waals surface area contributed by atoms with E-state index in [4.69, 9.17) is 5.73 Å². The van der Waals surface area contributed by atoms with E-state index in [2.05, 4.69) is 4.98 Å². The maximum Gasteiger partial charge on any atom is 0.252 e. The number of H-pyrrole nitrogens is 1. The Morgan fingerprint density at radius 3 is 2.75 bits per heavy atom. The van der Waals surface area contributed by atoms with Gasteiger partial charge in [0.2, 0.25) is 0 Å². The minimum absolute atomic E-state index is 0.0654. The highest BCUT2D eigenvalue weighted by atomic mass is 16.1.